The third kappa shape index (κ3) is 12.4. The fourth-order valence-corrected chi connectivity index (χ4v) is 2.29. The molecule has 0 radical (unpaired) electrons. The molecule has 8 heteroatoms. The van der Waals surface area contributed by atoms with Gasteiger partial charge in [0.05, 0.1) is 13.1 Å². The minimum Gasteiger partial charge on any atom is -0.508 e. The summed E-state index contributed by atoms with van der Waals surface area (Å²) in [6.07, 6.45) is 0. The number of rotatable bonds is 9. The van der Waals surface area contributed by atoms with Crippen LogP contribution < -0.4 is 5.32 Å². The standard InChI is InChI=1S/C13H18N2O5.C7H8O.C2H6/c16-11-4-2-1-3-10(11)8-15(9-13(19)20)6-5-14-7-12(17)18;1-6-4-2-3-5-7(6)8;1-2/h1-4,14,16H,5-9H2,(H,17,18)(H,19,20);2-5,8H,1H3;1-2H3. The molecule has 0 aliphatic carbocycles. The number of benzene rings is 2. The molecule has 0 amide bonds. The SMILES string of the molecule is CC.Cc1ccccc1O.O=C(O)CNCCN(CC(=O)O)Cc1ccccc1O. The van der Waals surface area contributed by atoms with Gasteiger partial charge in [-0.3, -0.25) is 14.5 Å². The average Bonchev–Trinajstić information content (AvgIpc) is 2.70. The Hall–Kier alpha value is -3.10. The van der Waals surface area contributed by atoms with Crippen LogP contribution in [0.15, 0.2) is 48.5 Å². The van der Waals surface area contributed by atoms with Crippen molar-refractivity contribution < 1.29 is 30.0 Å². The van der Waals surface area contributed by atoms with Crippen molar-refractivity contribution in [2.45, 2.75) is 27.3 Å². The summed E-state index contributed by atoms with van der Waals surface area (Å²) < 4.78 is 0. The summed E-state index contributed by atoms with van der Waals surface area (Å²) in [7, 11) is 0. The second-order valence-electron chi connectivity index (χ2n) is 6.09. The molecule has 0 heterocycles. The fraction of sp³-hybridized carbons (Fsp3) is 0.364. The third-order valence-electron chi connectivity index (χ3n) is 3.74. The van der Waals surface area contributed by atoms with Crippen molar-refractivity contribution in [1.82, 2.24) is 10.2 Å². The van der Waals surface area contributed by atoms with Crippen molar-refractivity contribution in [3.8, 4) is 11.5 Å². The van der Waals surface area contributed by atoms with Gasteiger partial charge in [-0.1, -0.05) is 50.2 Å². The Kier molecular flexibility index (Phi) is 14.1. The van der Waals surface area contributed by atoms with E-state index in [4.69, 9.17) is 15.3 Å². The number of phenolic OH excluding ortho intramolecular Hbond substituents is 2. The van der Waals surface area contributed by atoms with E-state index in [2.05, 4.69) is 5.32 Å². The number of phenols is 2. The second-order valence-corrected chi connectivity index (χ2v) is 6.09. The molecule has 0 fully saturated rings. The van der Waals surface area contributed by atoms with Crippen LogP contribution in [0.1, 0.15) is 25.0 Å². The molecule has 0 bridgehead atoms. The van der Waals surface area contributed by atoms with Crippen LogP contribution in [0, 0.1) is 6.92 Å². The van der Waals surface area contributed by atoms with Crippen molar-refractivity contribution in [3.63, 3.8) is 0 Å². The molecule has 166 valence electrons. The number of nitrogens with zero attached hydrogens (tertiary/aromatic N) is 1. The molecule has 2 rings (SSSR count). The summed E-state index contributed by atoms with van der Waals surface area (Å²) in [6, 6.07) is 14.0. The number of carboxylic acid groups (broad SMARTS) is 2. The molecular formula is C22H32N2O6. The zero-order valence-corrected chi connectivity index (χ0v) is 17.7. The molecule has 30 heavy (non-hydrogen) atoms. The summed E-state index contributed by atoms with van der Waals surface area (Å²) in [5.74, 6) is -1.46. The van der Waals surface area contributed by atoms with E-state index in [1.165, 1.54) is 6.07 Å². The molecule has 0 aromatic heterocycles. The first-order valence-corrected chi connectivity index (χ1v) is 9.67. The van der Waals surface area contributed by atoms with Gasteiger partial charge >= 0.3 is 11.9 Å². The van der Waals surface area contributed by atoms with Gasteiger partial charge < -0.3 is 25.7 Å². The minimum atomic E-state index is -0.973. The predicted molar refractivity (Wildman–Crippen MR) is 116 cm³/mol. The number of hydrogen-bond acceptors (Lipinski definition) is 6. The monoisotopic (exact) mass is 420 g/mol. The van der Waals surface area contributed by atoms with Crippen molar-refractivity contribution in [3.05, 3.63) is 59.7 Å². The third-order valence-corrected chi connectivity index (χ3v) is 3.74. The molecule has 0 saturated heterocycles. The fourth-order valence-electron chi connectivity index (χ4n) is 2.29. The Morgan fingerprint density at radius 1 is 0.900 bits per heavy atom. The number of hydrogen-bond donors (Lipinski definition) is 5. The lowest BCUT2D eigenvalue weighted by Crippen LogP contribution is -2.36. The first-order valence-electron chi connectivity index (χ1n) is 9.67. The zero-order valence-electron chi connectivity index (χ0n) is 17.7. The maximum absolute atomic E-state index is 10.8. The Balaban J connectivity index is 0.000000696. The zero-order chi connectivity index (χ0) is 22.9. The molecule has 8 nitrogen and oxygen atoms in total. The van der Waals surface area contributed by atoms with Crippen molar-refractivity contribution >= 4 is 11.9 Å². The summed E-state index contributed by atoms with van der Waals surface area (Å²) in [5, 5.41) is 38.6. The van der Waals surface area contributed by atoms with Crippen LogP contribution >= 0.6 is 0 Å². The van der Waals surface area contributed by atoms with Crippen LogP contribution in [-0.2, 0) is 16.1 Å². The molecule has 2 aromatic rings. The molecule has 0 saturated carbocycles. The van der Waals surface area contributed by atoms with Gasteiger partial charge in [-0.15, -0.1) is 0 Å². The number of aromatic hydroxyl groups is 2. The highest BCUT2D eigenvalue weighted by Crippen LogP contribution is 2.17. The van der Waals surface area contributed by atoms with E-state index in [1.54, 1.807) is 29.2 Å². The quantitative estimate of drug-likeness (QED) is 0.392. The summed E-state index contributed by atoms with van der Waals surface area (Å²) >= 11 is 0. The molecule has 2 aromatic carbocycles. The van der Waals surface area contributed by atoms with Gasteiger partial charge in [-0.2, -0.15) is 0 Å². The number of aryl methyl sites for hydroxylation is 1. The number of carbonyl (C=O) groups is 2. The molecular weight excluding hydrogens is 388 g/mol. The van der Waals surface area contributed by atoms with Gasteiger partial charge in [0, 0.05) is 25.2 Å². The summed E-state index contributed by atoms with van der Waals surface area (Å²) in [5.41, 5.74) is 1.56. The van der Waals surface area contributed by atoms with Crippen molar-refractivity contribution in [2.75, 3.05) is 26.2 Å². The van der Waals surface area contributed by atoms with Gasteiger partial charge in [0.25, 0.3) is 0 Å². The number of aliphatic carboxylic acids is 2. The van der Waals surface area contributed by atoms with E-state index >= 15 is 0 Å². The lowest BCUT2D eigenvalue weighted by Gasteiger charge is -2.20. The Morgan fingerprint density at radius 3 is 1.93 bits per heavy atom. The van der Waals surface area contributed by atoms with Crippen molar-refractivity contribution in [1.29, 1.82) is 0 Å². The predicted octanol–water partition coefficient (Wildman–Crippen LogP) is 2.68. The molecule has 0 unspecified atom stereocenters. The largest absolute Gasteiger partial charge is 0.508 e. The Labute approximate surface area is 177 Å². The van der Waals surface area contributed by atoms with Crippen molar-refractivity contribution in [2.24, 2.45) is 0 Å². The lowest BCUT2D eigenvalue weighted by atomic mass is 10.2. The average molecular weight is 421 g/mol. The van der Waals surface area contributed by atoms with Gasteiger partial charge in [0.2, 0.25) is 0 Å². The minimum absolute atomic E-state index is 0.112. The van der Waals surface area contributed by atoms with Crippen LogP contribution in [0.3, 0.4) is 0 Å². The van der Waals surface area contributed by atoms with E-state index in [1.807, 2.05) is 39.0 Å². The second kappa shape index (κ2) is 15.8. The molecule has 0 aliphatic heterocycles. The normalized spacial score (nSPS) is 9.73. The molecule has 0 atom stereocenters. The van der Waals surface area contributed by atoms with Crippen LogP contribution in [0.2, 0.25) is 0 Å². The van der Waals surface area contributed by atoms with Crippen LogP contribution in [-0.4, -0.2) is 63.4 Å². The van der Waals surface area contributed by atoms with E-state index in [0.29, 0.717) is 24.4 Å². The summed E-state index contributed by atoms with van der Waals surface area (Å²) in [6.45, 7) is 6.53. The van der Waals surface area contributed by atoms with E-state index in [9.17, 15) is 14.7 Å². The lowest BCUT2D eigenvalue weighted by molar-refractivity contribution is -0.139. The maximum atomic E-state index is 10.8. The Morgan fingerprint density at radius 2 is 1.47 bits per heavy atom. The molecule has 5 N–H and O–H groups in total. The highest BCUT2D eigenvalue weighted by atomic mass is 16.4. The smallest absolute Gasteiger partial charge is 0.317 e. The Bertz CT molecular complexity index is 746. The first-order chi connectivity index (χ1) is 14.3. The van der Waals surface area contributed by atoms with E-state index in [-0.39, 0.29) is 25.4 Å². The number of nitrogens with one attached hydrogen (secondary N) is 1. The summed E-state index contributed by atoms with van der Waals surface area (Å²) in [4.78, 5) is 22.8. The van der Waals surface area contributed by atoms with Crippen LogP contribution in [0.25, 0.3) is 0 Å². The first kappa shape index (κ1) is 26.9. The topological polar surface area (TPSA) is 130 Å². The van der Waals surface area contributed by atoms with E-state index in [0.717, 1.165) is 5.56 Å². The highest BCUT2D eigenvalue weighted by molar-refractivity contribution is 5.69. The highest BCUT2D eigenvalue weighted by Gasteiger charge is 2.12. The van der Waals surface area contributed by atoms with Crippen LogP contribution in [0.5, 0.6) is 11.5 Å². The molecule has 0 aliphatic rings. The van der Waals surface area contributed by atoms with Crippen LogP contribution in [0.4, 0.5) is 0 Å². The van der Waals surface area contributed by atoms with E-state index < -0.39 is 11.9 Å². The molecule has 0 spiro atoms. The van der Waals surface area contributed by atoms with Gasteiger partial charge in [0.15, 0.2) is 0 Å². The number of para-hydroxylation sites is 2. The van der Waals surface area contributed by atoms with Gasteiger partial charge in [-0.05, 0) is 24.6 Å². The van der Waals surface area contributed by atoms with Gasteiger partial charge in [-0.25, -0.2) is 0 Å². The van der Waals surface area contributed by atoms with Gasteiger partial charge in [0.1, 0.15) is 11.5 Å². The maximum Gasteiger partial charge on any atom is 0.317 e. The number of carboxylic acids is 2.